The molecule has 1 aromatic heterocycles. The number of halogens is 3. The van der Waals surface area contributed by atoms with Crippen LogP contribution in [0.3, 0.4) is 0 Å². The number of hydrogen-bond acceptors (Lipinski definition) is 4. The smallest absolute Gasteiger partial charge is 0.370 e. The van der Waals surface area contributed by atoms with E-state index in [0.29, 0.717) is 13.0 Å². The molecule has 2 aromatic rings. The zero-order valence-corrected chi connectivity index (χ0v) is 12.9. The van der Waals surface area contributed by atoms with E-state index in [0.717, 1.165) is 12.5 Å². The van der Waals surface area contributed by atoms with Crippen molar-refractivity contribution in [2.75, 3.05) is 6.54 Å². The average Bonchev–Trinajstić information content (AvgIpc) is 3.15. The molecule has 24 heavy (non-hydrogen) atoms. The van der Waals surface area contributed by atoms with Gasteiger partial charge in [0, 0.05) is 12.1 Å². The predicted molar refractivity (Wildman–Crippen MR) is 80.1 cm³/mol. The lowest BCUT2D eigenvalue weighted by Gasteiger charge is -2.21. The second-order valence-electron chi connectivity index (χ2n) is 5.72. The lowest BCUT2D eigenvalue weighted by molar-refractivity contribution is -0.138. The lowest BCUT2D eigenvalue weighted by atomic mass is 10.0. The fourth-order valence-electron chi connectivity index (χ4n) is 2.87. The molecule has 0 radical (unpaired) electrons. The van der Waals surface area contributed by atoms with Gasteiger partial charge in [-0.3, -0.25) is 5.41 Å². The van der Waals surface area contributed by atoms with Crippen molar-refractivity contribution < 1.29 is 17.7 Å². The first-order valence-corrected chi connectivity index (χ1v) is 7.40. The van der Waals surface area contributed by atoms with Crippen molar-refractivity contribution in [3.05, 3.63) is 35.2 Å². The Kier molecular flexibility index (Phi) is 3.94. The largest absolute Gasteiger partial charge is 0.416 e. The molecule has 1 aliphatic heterocycles. The Balaban J connectivity index is 1.93. The summed E-state index contributed by atoms with van der Waals surface area (Å²) in [6.45, 7) is 2.01. The number of nitrogens with zero attached hydrogens (tertiary/aromatic N) is 3. The topological polar surface area (TPSA) is 92.0 Å². The predicted octanol–water partition coefficient (Wildman–Crippen LogP) is 3.09. The van der Waals surface area contributed by atoms with Gasteiger partial charge < -0.3 is 15.2 Å². The SMILES string of the molecule is Cc1ccc(-c2noc([C@@H]3CCCN3C(=N)N)n2)cc1C(F)(F)F. The van der Waals surface area contributed by atoms with Gasteiger partial charge in [-0.15, -0.1) is 0 Å². The molecule has 128 valence electrons. The minimum atomic E-state index is -4.44. The molecule has 1 saturated heterocycles. The Morgan fingerprint density at radius 3 is 2.83 bits per heavy atom. The van der Waals surface area contributed by atoms with Crippen molar-refractivity contribution in [3.63, 3.8) is 0 Å². The van der Waals surface area contributed by atoms with Gasteiger partial charge in [0.2, 0.25) is 11.7 Å². The van der Waals surface area contributed by atoms with Crippen LogP contribution in [0.5, 0.6) is 0 Å². The van der Waals surface area contributed by atoms with E-state index in [9.17, 15) is 13.2 Å². The van der Waals surface area contributed by atoms with Gasteiger partial charge in [-0.2, -0.15) is 18.2 Å². The van der Waals surface area contributed by atoms with Crippen molar-refractivity contribution in [2.45, 2.75) is 32.0 Å². The van der Waals surface area contributed by atoms with E-state index in [4.69, 9.17) is 15.7 Å². The van der Waals surface area contributed by atoms with Crippen LogP contribution in [0.15, 0.2) is 22.7 Å². The highest BCUT2D eigenvalue weighted by atomic mass is 19.4. The van der Waals surface area contributed by atoms with Crippen LogP contribution in [0.2, 0.25) is 0 Å². The molecular formula is C15H16F3N5O. The number of hydrogen-bond donors (Lipinski definition) is 2. The molecule has 0 saturated carbocycles. The summed E-state index contributed by atoms with van der Waals surface area (Å²) in [4.78, 5) is 5.84. The standard InChI is InChI=1S/C15H16F3N5O/c1-8-4-5-9(7-10(8)15(16,17)18)12-21-13(24-22-12)11-3-2-6-23(11)14(19)20/h4-5,7,11H,2-3,6H2,1H3,(H3,19,20)/t11-/m0/s1. The van der Waals surface area contributed by atoms with Crippen molar-refractivity contribution in [1.82, 2.24) is 15.0 Å². The number of rotatable bonds is 2. The molecule has 0 aliphatic carbocycles. The Bertz CT molecular complexity index is 771. The van der Waals surface area contributed by atoms with E-state index in [2.05, 4.69) is 10.1 Å². The van der Waals surface area contributed by atoms with E-state index in [-0.39, 0.29) is 34.8 Å². The van der Waals surface area contributed by atoms with Crippen LogP contribution in [0.4, 0.5) is 13.2 Å². The molecule has 0 bridgehead atoms. The van der Waals surface area contributed by atoms with Crippen LogP contribution in [-0.4, -0.2) is 27.5 Å². The van der Waals surface area contributed by atoms with Crippen LogP contribution < -0.4 is 5.73 Å². The van der Waals surface area contributed by atoms with E-state index >= 15 is 0 Å². The summed E-state index contributed by atoms with van der Waals surface area (Å²) in [6.07, 6.45) is -2.92. The average molecular weight is 339 g/mol. The van der Waals surface area contributed by atoms with Gasteiger partial charge in [-0.25, -0.2) is 0 Å². The number of aromatic nitrogens is 2. The van der Waals surface area contributed by atoms with Gasteiger partial charge in [0.25, 0.3) is 0 Å². The van der Waals surface area contributed by atoms with Crippen molar-refractivity contribution >= 4 is 5.96 Å². The first kappa shape index (κ1) is 16.3. The molecule has 6 nitrogen and oxygen atoms in total. The number of benzene rings is 1. The summed E-state index contributed by atoms with van der Waals surface area (Å²) < 4.78 is 44.3. The van der Waals surface area contributed by atoms with E-state index in [1.807, 2.05) is 0 Å². The zero-order chi connectivity index (χ0) is 17.5. The highest BCUT2D eigenvalue weighted by Gasteiger charge is 2.34. The van der Waals surface area contributed by atoms with Gasteiger partial charge in [0.15, 0.2) is 5.96 Å². The summed E-state index contributed by atoms with van der Waals surface area (Å²) >= 11 is 0. The number of nitrogens with two attached hydrogens (primary N) is 1. The highest BCUT2D eigenvalue weighted by molar-refractivity contribution is 5.75. The quantitative estimate of drug-likeness (QED) is 0.648. The lowest BCUT2D eigenvalue weighted by Crippen LogP contribution is -2.35. The molecule has 3 rings (SSSR count). The molecule has 1 fully saturated rings. The van der Waals surface area contributed by atoms with Gasteiger partial charge >= 0.3 is 6.18 Å². The second-order valence-corrected chi connectivity index (χ2v) is 5.72. The van der Waals surface area contributed by atoms with Crippen molar-refractivity contribution in [1.29, 1.82) is 5.41 Å². The van der Waals surface area contributed by atoms with Gasteiger partial charge in [0.05, 0.1) is 5.56 Å². The third kappa shape index (κ3) is 2.93. The number of aryl methyl sites for hydroxylation is 1. The zero-order valence-electron chi connectivity index (χ0n) is 12.9. The van der Waals surface area contributed by atoms with Gasteiger partial charge in [-0.05, 0) is 31.4 Å². The molecule has 0 amide bonds. The van der Waals surface area contributed by atoms with Gasteiger partial charge in [-0.1, -0.05) is 17.3 Å². The second kappa shape index (κ2) is 5.81. The molecule has 0 spiro atoms. The Hall–Kier alpha value is -2.58. The summed E-state index contributed by atoms with van der Waals surface area (Å²) in [5.41, 5.74) is 5.16. The molecule has 0 unspecified atom stereocenters. The van der Waals surface area contributed by atoms with Crippen molar-refractivity contribution in [2.24, 2.45) is 5.73 Å². The molecular weight excluding hydrogens is 323 g/mol. The molecule has 9 heteroatoms. The van der Waals surface area contributed by atoms with Crippen LogP contribution in [0.1, 0.15) is 35.9 Å². The Morgan fingerprint density at radius 2 is 2.17 bits per heavy atom. The first-order chi connectivity index (χ1) is 11.3. The fraction of sp³-hybridized carbons (Fsp3) is 0.400. The summed E-state index contributed by atoms with van der Waals surface area (Å²) in [7, 11) is 0. The highest BCUT2D eigenvalue weighted by Crippen LogP contribution is 2.35. The van der Waals surface area contributed by atoms with Gasteiger partial charge in [0.1, 0.15) is 6.04 Å². The molecule has 1 atom stereocenters. The third-order valence-electron chi connectivity index (χ3n) is 4.09. The molecule has 1 aromatic carbocycles. The summed E-state index contributed by atoms with van der Waals surface area (Å²) in [5, 5.41) is 11.3. The third-order valence-corrected chi connectivity index (χ3v) is 4.09. The van der Waals surface area contributed by atoms with Crippen LogP contribution >= 0.6 is 0 Å². The summed E-state index contributed by atoms with van der Waals surface area (Å²) in [5.74, 6) is 0.254. The number of guanidine groups is 1. The number of nitrogens with one attached hydrogen (secondary N) is 1. The van der Waals surface area contributed by atoms with E-state index in [1.54, 1.807) is 4.90 Å². The maximum absolute atomic E-state index is 13.0. The maximum atomic E-state index is 13.0. The van der Waals surface area contributed by atoms with Crippen molar-refractivity contribution in [3.8, 4) is 11.4 Å². The number of alkyl halides is 3. The monoisotopic (exact) mass is 339 g/mol. The summed E-state index contributed by atoms with van der Waals surface area (Å²) in [6, 6.07) is 3.61. The van der Waals surface area contributed by atoms with Crippen LogP contribution in [-0.2, 0) is 6.18 Å². The molecule has 2 heterocycles. The molecule has 1 aliphatic rings. The molecule has 3 N–H and O–H groups in total. The van der Waals surface area contributed by atoms with Crippen LogP contribution in [0, 0.1) is 12.3 Å². The minimum Gasteiger partial charge on any atom is -0.370 e. The Labute approximate surface area is 136 Å². The number of likely N-dealkylation sites (tertiary alicyclic amines) is 1. The first-order valence-electron chi connectivity index (χ1n) is 7.40. The van der Waals surface area contributed by atoms with E-state index < -0.39 is 11.7 Å². The fourth-order valence-corrected chi connectivity index (χ4v) is 2.87. The Morgan fingerprint density at radius 1 is 1.42 bits per heavy atom. The van der Waals surface area contributed by atoms with E-state index in [1.165, 1.54) is 19.1 Å². The van der Waals surface area contributed by atoms with Crippen LogP contribution in [0.25, 0.3) is 11.4 Å². The minimum absolute atomic E-state index is 0.0888. The maximum Gasteiger partial charge on any atom is 0.416 e. The normalized spacial score (nSPS) is 18.2.